The van der Waals surface area contributed by atoms with E-state index in [0.717, 1.165) is 22.1 Å². The van der Waals surface area contributed by atoms with Gasteiger partial charge in [-0.05, 0) is 36.6 Å². The molecule has 0 unspecified atom stereocenters. The molecule has 1 fully saturated rings. The largest absolute Gasteiger partial charge is 0.494 e. The molecule has 0 atom stereocenters. The highest BCUT2D eigenvalue weighted by Crippen LogP contribution is 2.33. The first-order valence-corrected chi connectivity index (χ1v) is 9.39. The van der Waals surface area contributed by atoms with Crippen molar-refractivity contribution in [3.05, 3.63) is 52.5 Å². The van der Waals surface area contributed by atoms with Gasteiger partial charge in [0.1, 0.15) is 5.75 Å². The highest BCUT2D eigenvalue weighted by molar-refractivity contribution is 9.10. The summed E-state index contributed by atoms with van der Waals surface area (Å²) in [4.78, 5) is 25.9. The minimum absolute atomic E-state index is 0.0622. The quantitative estimate of drug-likeness (QED) is 0.768. The number of carbonyl (C=O) groups excluding carboxylic acids is 2. The van der Waals surface area contributed by atoms with Gasteiger partial charge in [-0.15, -0.1) is 0 Å². The van der Waals surface area contributed by atoms with Gasteiger partial charge < -0.3 is 15.0 Å². The predicted octanol–water partition coefficient (Wildman–Crippen LogP) is 4.16. The van der Waals surface area contributed by atoms with Crippen LogP contribution in [0, 0.1) is 0 Å². The molecule has 136 valence electrons. The molecule has 2 aromatic carbocycles. The number of carbonyl (C=O) groups is 2. The predicted molar refractivity (Wildman–Crippen MR) is 106 cm³/mol. The highest BCUT2D eigenvalue weighted by atomic mass is 79.9. The van der Waals surface area contributed by atoms with Crippen molar-refractivity contribution >= 4 is 39.1 Å². The van der Waals surface area contributed by atoms with Gasteiger partial charge >= 0.3 is 0 Å². The van der Waals surface area contributed by atoms with E-state index in [1.54, 1.807) is 24.1 Å². The Morgan fingerprint density at radius 1 is 1.27 bits per heavy atom. The lowest BCUT2D eigenvalue weighted by Crippen LogP contribution is -2.24. The van der Waals surface area contributed by atoms with Crippen molar-refractivity contribution in [1.82, 2.24) is 0 Å². The van der Waals surface area contributed by atoms with E-state index in [9.17, 15) is 9.59 Å². The van der Waals surface area contributed by atoms with Crippen molar-refractivity contribution in [2.45, 2.75) is 25.7 Å². The van der Waals surface area contributed by atoms with Crippen molar-refractivity contribution in [3.63, 3.8) is 0 Å². The number of anilines is 2. The lowest BCUT2D eigenvalue weighted by atomic mass is 10.1. The number of nitrogens with one attached hydrogen (secondary N) is 1. The minimum Gasteiger partial charge on any atom is -0.494 e. The molecule has 0 saturated carbocycles. The van der Waals surface area contributed by atoms with Crippen LogP contribution in [0.1, 0.15) is 24.8 Å². The van der Waals surface area contributed by atoms with E-state index in [1.165, 1.54) is 0 Å². The molecule has 0 aromatic heterocycles. The molecule has 0 aliphatic carbocycles. The maximum Gasteiger partial charge on any atom is 0.227 e. The monoisotopic (exact) mass is 416 g/mol. The van der Waals surface area contributed by atoms with E-state index in [1.807, 2.05) is 30.3 Å². The van der Waals surface area contributed by atoms with Crippen molar-refractivity contribution in [3.8, 4) is 5.75 Å². The summed E-state index contributed by atoms with van der Waals surface area (Å²) < 4.78 is 6.43. The molecule has 2 aromatic rings. The van der Waals surface area contributed by atoms with E-state index in [0.29, 0.717) is 37.2 Å². The number of hydrogen-bond donors (Lipinski definition) is 1. The number of halogens is 1. The molecule has 6 heteroatoms. The first-order chi connectivity index (χ1) is 12.6. The molecule has 3 rings (SSSR count). The van der Waals surface area contributed by atoms with Gasteiger partial charge in [0.05, 0.1) is 12.8 Å². The van der Waals surface area contributed by atoms with Crippen LogP contribution in [0.4, 0.5) is 11.4 Å². The molecule has 0 spiro atoms. The number of hydrogen-bond acceptors (Lipinski definition) is 3. The molecule has 1 heterocycles. The minimum atomic E-state index is -0.0622. The van der Waals surface area contributed by atoms with Crippen LogP contribution in [0.5, 0.6) is 5.75 Å². The van der Waals surface area contributed by atoms with Gasteiger partial charge in [0.2, 0.25) is 11.8 Å². The van der Waals surface area contributed by atoms with Crippen LogP contribution in [0.3, 0.4) is 0 Å². The maximum absolute atomic E-state index is 12.3. The zero-order chi connectivity index (χ0) is 18.5. The van der Waals surface area contributed by atoms with Gasteiger partial charge in [0, 0.05) is 35.6 Å². The summed E-state index contributed by atoms with van der Waals surface area (Å²) >= 11 is 3.50. The third kappa shape index (κ3) is 4.25. The fraction of sp³-hybridized carbons (Fsp3) is 0.300. The number of rotatable bonds is 6. The molecular formula is C20H21BrN2O3. The molecule has 1 N–H and O–H groups in total. The molecule has 2 amide bonds. The Kier molecular flexibility index (Phi) is 5.93. The number of amides is 2. The van der Waals surface area contributed by atoms with Crippen LogP contribution in [-0.4, -0.2) is 25.5 Å². The Bertz CT molecular complexity index is 822. The summed E-state index contributed by atoms with van der Waals surface area (Å²) in [5.74, 6) is 0.630. The van der Waals surface area contributed by atoms with E-state index < -0.39 is 0 Å². The third-order valence-corrected chi connectivity index (χ3v) is 5.18. The maximum atomic E-state index is 12.3. The van der Waals surface area contributed by atoms with Gasteiger partial charge in [-0.2, -0.15) is 0 Å². The van der Waals surface area contributed by atoms with Crippen molar-refractivity contribution in [2.75, 3.05) is 23.9 Å². The molecular weight excluding hydrogens is 396 g/mol. The standard InChI is InChI=1S/C20H21BrN2O3/c1-26-18-13-15(9-10-17(18)23-12-4-7-20(23)25)22-19(24)11-8-14-5-2-3-6-16(14)21/h2-3,5-6,9-10,13H,4,7-8,11-12H2,1H3,(H,22,24). The zero-order valence-corrected chi connectivity index (χ0v) is 16.2. The molecule has 26 heavy (non-hydrogen) atoms. The molecule has 0 bridgehead atoms. The Morgan fingerprint density at radius 3 is 2.77 bits per heavy atom. The zero-order valence-electron chi connectivity index (χ0n) is 14.6. The van der Waals surface area contributed by atoms with Crippen LogP contribution in [0.2, 0.25) is 0 Å². The summed E-state index contributed by atoms with van der Waals surface area (Å²) in [7, 11) is 1.57. The van der Waals surface area contributed by atoms with E-state index in [-0.39, 0.29) is 11.8 Å². The second kappa shape index (κ2) is 8.36. The topological polar surface area (TPSA) is 58.6 Å². The van der Waals surface area contributed by atoms with Crippen LogP contribution in [0.15, 0.2) is 46.9 Å². The molecule has 0 radical (unpaired) electrons. The normalized spacial score (nSPS) is 13.8. The van der Waals surface area contributed by atoms with Crippen LogP contribution in [-0.2, 0) is 16.0 Å². The molecule has 1 aliphatic rings. The fourth-order valence-electron chi connectivity index (χ4n) is 3.05. The van der Waals surface area contributed by atoms with Gasteiger partial charge in [0.25, 0.3) is 0 Å². The number of aryl methyl sites for hydroxylation is 1. The Labute approximate surface area is 161 Å². The lowest BCUT2D eigenvalue weighted by molar-refractivity contribution is -0.117. The molecule has 1 saturated heterocycles. The number of benzene rings is 2. The first kappa shape index (κ1) is 18.5. The number of ether oxygens (including phenoxy) is 1. The average molecular weight is 417 g/mol. The average Bonchev–Trinajstić information content (AvgIpc) is 3.06. The first-order valence-electron chi connectivity index (χ1n) is 8.60. The van der Waals surface area contributed by atoms with Crippen LogP contribution >= 0.6 is 15.9 Å². The molecule has 1 aliphatic heterocycles. The van der Waals surface area contributed by atoms with Crippen LogP contribution in [0.25, 0.3) is 0 Å². The van der Waals surface area contributed by atoms with E-state index in [2.05, 4.69) is 21.2 Å². The number of methoxy groups -OCH3 is 1. The van der Waals surface area contributed by atoms with Crippen molar-refractivity contribution in [1.29, 1.82) is 0 Å². The van der Waals surface area contributed by atoms with Gasteiger partial charge in [-0.25, -0.2) is 0 Å². The lowest BCUT2D eigenvalue weighted by Gasteiger charge is -2.19. The number of nitrogens with zero attached hydrogens (tertiary/aromatic N) is 1. The van der Waals surface area contributed by atoms with Crippen LogP contribution < -0.4 is 15.0 Å². The fourth-order valence-corrected chi connectivity index (χ4v) is 3.54. The summed E-state index contributed by atoms with van der Waals surface area (Å²) in [5.41, 5.74) is 2.51. The summed E-state index contributed by atoms with van der Waals surface area (Å²) in [5, 5.41) is 2.90. The van der Waals surface area contributed by atoms with Gasteiger partial charge in [-0.1, -0.05) is 34.1 Å². The third-order valence-electron chi connectivity index (χ3n) is 4.41. The SMILES string of the molecule is COc1cc(NC(=O)CCc2ccccc2Br)ccc1N1CCCC1=O. The summed E-state index contributed by atoms with van der Waals surface area (Å²) in [6.45, 7) is 0.701. The van der Waals surface area contributed by atoms with E-state index >= 15 is 0 Å². The Balaban J connectivity index is 1.65. The highest BCUT2D eigenvalue weighted by Gasteiger charge is 2.24. The van der Waals surface area contributed by atoms with E-state index in [4.69, 9.17) is 4.74 Å². The molecule has 5 nitrogen and oxygen atoms in total. The summed E-state index contributed by atoms with van der Waals surface area (Å²) in [6.07, 6.45) is 2.47. The van der Waals surface area contributed by atoms with Crippen molar-refractivity contribution < 1.29 is 14.3 Å². The summed E-state index contributed by atoms with van der Waals surface area (Å²) in [6, 6.07) is 13.3. The Hall–Kier alpha value is -2.34. The second-order valence-corrected chi connectivity index (χ2v) is 7.03. The van der Waals surface area contributed by atoms with Gasteiger partial charge in [-0.3, -0.25) is 9.59 Å². The smallest absolute Gasteiger partial charge is 0.227 e. The van der Waals surface area contributed by atoms with Gasteiger partial charge in [0.15, 0.2) is 0 Å². The van der Waals surface area contributed by atoms with Crippen molar-refractivity contribution in [2.24, 2.45) is 0 Å². The second-order valence-electron chi connectivity index (χ2n) is 6.18. The Morgan fingerprint density at radius 2 is 2.08 bits per heavy atom.